The topological polar surface area (TPSA) is 54.5 Å². The lowest BCUT2D eigenvalue weighted by Crippen LogP contribution is -2.34. The smallest absolute Gasteiger partial charge is 0.261 e. The average molecular weight is 260 g/mol. The molecule has 1 aromatic carbocycles. The molecule has 0 spiro atoms. The van der Waals surface area contributed by atoms with Crippen LogP contribution in [0.2, 0.25) is 0 Å². The van der Waals surface area contributed by atoms with E-state index in [0.717, 1.165) is 0 Å². The van der Waals surface area contributed by atoms with E-state index in [1.165, 1.54) is 12.1 Å². The van der Waals surface area contributed by atoms with Crippen molar-refractivity contribution in [2.45, 2.75) is 11.3 Å². The molecule has 0 N–H and O–H groups in total. The van der Waals surface area contributed by atoms with Gasteiger partial charge in [0, 0.05) is 29.8 Å². The van der Waals surface area contributed by atoms with Crippen LogP contribution in [0.25, 0.3) is 0 Å². The summed E-state index contributed by atoms with van der Waals surface area (Å²) in [6, 6.07) is 4.59. The van der Waals surface area contributed by atoms with Crippen LogP contribution >= 0.6 is 10.7 Å². The molecule has 0 saturated carbocycles. The standard InChI is InChI=1S/C10H10ClNO3S/c1-12-6-5-7-8(10(12)13)3-2-4-9(7)16(11,14)15/h2-4H,5-6H2,1H3. The van der Waals surface area contributed by atoms with Crippen molar-refractivity contribution in [1.29, 1.82) is 0 Å². The van der Waals surface area contributed by atoms with Gasteiger partial charge in [-0.3, -0.25) is 4.79 Å². The fraction of sp³-hybridized carbons (Fsp3) is 0.300. The Morgan fingerprint density at radius 2 is 2.06 bits per heavy atom. The van der Waals surface area contributed by atoms with E-state index in [9.17, 15) is 13.2 Å². The second kappa shape index (κ2) is 3.75. The molecule has 2 rings (SSSR count). The van der Waals surface area contributed by atoms with Crippen LogP contribution in [0, 0.1) is 0 Å². The molecule has 16 heavy (non-hydrogen) atoms. The summed E-state index contributed by atoms with van der Waals surface area (Å²) in [5.74, 6) is -0.164. The summed E-state index contributed by atoms with van der Waals surface area (Å²) in [5, 5.41) is 0. The Morgan fingerprint density at radius 3 is 2.69 bits per heavy atom. The first-order valence-corrected chi connectivity index (χ1v) is 7.04. The molecule has 0 bridgehead atoms. The first kappa shape index (κ1) is 11.4. The third-order valence-corrected chi connectivity index (χ3v) is 4.08. The zero-order valence-corrected chi connectivity index (χ0v) is 10.2. The Balaban J connectivity index is 2.67. The van der Waals surface area contributed by atoms with Crippen LogP contribution < -0.4 is 0 Å². The van der Waals surface area contributed by atoms with Gasteiger partial charge in [-0.15, -0.1) is 0 Å². The Hall–Kier alpha value is -1.07. The van der Waals surface area contributed by atoms with Crippen LogP contribution in [-0.4, -0.2) is 32.8 Å². The highest BCUT2D eigenvalue weighted by atomic mass is 35.7. The highest BCUT2D eigenvalue weighted by Crippen LogP contribution is 2.27. The van der Waals surface area contributed by atoms with Crippen molar-refractivity contribution < 1.29 is 13.2 Å². The number of rotatable bonds is 1. The molecule has 1 amide bonds. The highest BCUT2D eigenvalue weighted by Gasteiger charge is 2.27. The van der Waals surface area contributed by atoms with E-state index < -0.39 is 9.05 Å². The molecule has 0 radical (unpaired) electrons. The summed E-state index contributed by atoms with van der Waals surface area (Å²) in [7, 11) is 3.23. The van der Waals surface area contributed by atoms with Gasteiger partial charge in [0.15, 0.2) is 0 Å². The van der Waals surface area contributed by atoms with Gasteiger partial charge < -0.3 is 4.90 Å². The second-order valence-corrected chi connectivity index (χ2v) is 6.23. The van der Waals surface area contributed by atoms with E-state index in [2.05, 4.69) is 0 Å². The molecule has 0 aliphatic carbocycles. The van der Waals surface area contributed by atoms with Gasteiger partial charge in [0.25, 0.3) is 15.0 Å². The zero-order valence-electron chi connectivity index (χ0n) is 8.60. The summed E-state index contributed by atoms with van der Waals surface area (Å²) in [6.45, 7) is 0.509. The van der Waals surface area contributed by atoms with E-state index in [0.29, 0.717) is 24.1 Å². The van der Waals surface area contributed by atoms with E-state index in [1.54, 1.807) is 18.0 Å². The number of nitrogens with zero attached hydrogens (tertiary/aromatic N) is 1. The molecule has 0 fully saturated rings. The Labute approximate surface area is 98.2 Å². The van der Waals surface area contributed by atoms with Crippen molar-refractivity contribution >= 4 is 25.6 Å². The number of halogens is 1. The summed E-state index contributed by atoms with van der Waals surface area (Å²) in [5.41, 5.74) is 0.955. The van der Waals surface area contributed by atoms with Crippen LogP contribution in [0.5, 0.6) is 0 Å². The normalized spacial score (nSPS) is 16.1. The molecule has 0 unspecified atom stereocenters. The SMILES string of the molecule is CN1CCc2c(cccc2S(=O)(=O)Cl)C1=O. The van der Waals surface area contributed by atoms with E-state index >= 15 is 0 Å². The lowest BCUT2D eigenvalue weighted by atomic mass is 9.99. The van der Waals surface area contributed by atoms with Gasteiger partial charge in [0.05, 0.1) is 4.90 Å². The molecule has 1 aromatic rings. The van der Waals surface area contributed by atoms with Gasteiger partial charge in [0.2, 0.25) is 0 Å². The number of carbonyl (C=O) groups excluding carboxylic acids is 1. The number of fused-ring (bicyclic) bond motifs is 1. The van der Waals surface area contributed by atoms with E-state index in [-0.39, 0.29) is 10.8 Å². The second-order valence-electron chi connectivity index (χ2n) is 3.70. The van der Waals surface area contributed by atoms with Gasteiger partial charge in [-0.05, 0) is 24.1 Å². The van der Waals surface area contributed by atoms with Gasteiger partial charge >= 0.3 is 0 Å². The summed E-state index contributed by atoms with van der Waals surface area (Å²) < 4.78 is 22.7. The fourth-order valence-corrected chi connectivity index (χ4v) is 3.02. The number of hydrogen-bond acceptors (Lipinski definition) is 3. The fourth-order valence-electron chi connectivity index (χ4n) is 1.84. The van der Waals surface area contributed by atoms with Crippen molar-refractivity contribution in [3.8, 4) is 0 Å². The van der Waals surface area contributed by atoms with Crippen molar-refractivity contribution in [2.24, 2.45) is 0 Å². The number of benzene rings is 1. The molecular formula is C10H10ClNO3S. The Kier molecular flexibility index (Phi) is 2.67. The maximum absolute atomic E-state index is 11.8. The number of amides is 1. The molecule has 1 aliphatic rings. The van der Waals surface area contributed by atoms with Crippen LogP contribution in [0.4, 0.5) is 0 Å². The molecule has 86 valence electrons. The molecule has 1 heterocycles. The van der Waals surface area contributed by atoms with Gasteiger partial charge in [0.1, 0.15) is 0 Å². The van der Waals surface area contributed by atoms with Crippen molar-refractivity contribution in [1.82, 2.24) is 4.90 Å². The van der Waals surface area contributed by atoms with Gasteiger partial charge in [-0.1, -0.05) is 6.07 Å². The molecule has 0 atom stereocenters. The third kappa shape index (κ3) is 1.81. The molecule has 0 saturated heterocycles. The largest absolute Gasteiger partial charge is 0.341 e. The van der Waals surface area contributed by atoms with Crippen molar-refractivity contribution in [2.75, 3.05) is 13.6 Å². The van der Waals surface area contributed by atoms with Gasteiger partial charge in [-0.25, -0.2) is 8.42 Å². The van der Waals surface area contributed by atoms with Gasteiger partial charge in [-0.2, -0.15) is 0 Å². The maximum Gasteiger partial charge on any atom is 0.261 e. The third-order valence-electron chi connectivity index (χ3n) is 2.67. The monoisotopic (exact) mass is 259 g/mol. The molecule has 6 heteroatoms. The predicted octanol–water partition coefficient (Wildman–Crippen LogP) is 1.24. The Bertz CT molecular complexity index is 553. The van der Waals surface area contributed by atoms with E-state index in [1.807, 2.05) is 0 Å². The molecule has 4 nitrogen and oxygen atoms in total. The first-order valence-electron chi connectivity index (χ1n) is 4.73. The minimum Gasteiger partial charge on any atom is -0.341 e. The quantitative estimate of drug-likeness (QED) is 0.713. The molecular weight excluding hydrogens is 250 g/mol. The lowest BCUT2D eigenvalue weighted by Gasteiger charge is -2.25. The number of carbonyl (C=O) groups is 1. The lowest BCUT2D eigenvalue weighted by molar-refractivity contribution is 0.0780. The first-order chi connectivity index (χ1) is 7.41. The highest BCUT2D eigenvalue weighted by molar-refractivity contribution is 8.13. The predicted molar refractivity (Wildman–Crippen MR) is 60.1 cm³/mol. The van der Waals surface area contributed by atoms with Crippen LogP contribution in [0.1, 0.15) is 15.9 Å². The van der Waals surface area contributed by atoms with Crippen LogP contribution in [-0.2, 0) is 15.5 Å². The zero-order chi connectivity index (χ0) is 11.9. The Morgan fingerprint density at radius 1 is 1.38 bits per heavy atom. The molecule has 0 aromatic heterocycles. The minimum atomic E-state index is -3.78. The summed E-state index contributed by atoms with van der Waals surface area (Å²) in [6.07, 6.45) is 0.514. The van der Waals surface area contributed by atoms with Crippen molar-refractivity contribution in [3.05, 3.63) is 29.3 Å². The summed E-state index contributed by atoms with van der Waals surface area (Å²) >= 11 is 0. The minimum absolute atomic E-state index is 0.0492. The van der Waals surface area contributed by atoms with Crippen molar-refractivity contribution in [3.63, 3.8) is 0 Å². The van der Waals surface area contributed by atoms with Crippen LogP contribution in [0.15, 0.2) is 23.1 Å². The summed E-state index contributed by atoms with van der Waals surface area (Å²) in [4.78, 5) is 13.4. The molecule has 1 aliphatic heterocycles. The number of hydrogen-bond donors (Lipinski definition) is 0. The van der Waals surface area contributed by atoms with E-state index in [4.69, 9.17) is 10.7 Å². The average Bonchev–Trinajstić information content (AvgIpc) is 2.21. The maximum atomic E-state index is 11.8. The van der Waals surface area contributed by atoms with Crippen LogP contribution in [0.3, 0.4) is 0 Å². The number of likely N-dealkylation sites (N-methyl/N-ethyl adjacent to an activating group) is 1.